The van der Waals surface area contributed by atoms with Crippen LogP contribution in [-0.2, 0) is 10.0 Å². The maximum atomic E-state index is 11.8. The molecule has 3 nitrogen and oxygen atoms in total. The second kappa shape index (κ2) is 4.60. The summed E-state index contributed by atoms with van der Waals surface area (Å²) in [6.07, 6.45) is 3.14. The highest BCUT2D eigenvalue weighted by Crippen LogP contribution is 2.29. The molecule has 0 aromatic rings. The first-order valence-electron chi connectivity index (χ1n) is 5.37. The van der Waals surface area contributed by atoms with E-state index in [1.807, 2.05) is 0 Å². The minimum atomic E-state index is -3.22. The van der Waals surface area contributed by atoms with Gasteiger partial charge in [-0.15, -0.1) is 11.6 Å². The minimum Gasteiger partial charge on any atom is -0.214 e. The second-order valence-electron chi connectivity index (χ2n) is 5.17. The van der Waals surface area contributed by atoms with E-state index in [0.29, 0.717) is 12.5 Å². The number of hydrogen-bond acceptors (Lipinski definition) is 2. The van der Waals surface area contributed by atoms with Crippen molar-refractivity contribution in [1.82, 2.24) is 4.72 Å². The lowest BCUT2D eigenvalue weighted by molar-refractivity contribution is 0.506. The summed E-state index contributed by atoms with van der Waals surface area (Å²) in [5.74, 6) is 0.295. The number of sulfonamides is 1. The summed E-state index contributed by atoms with van der Waals surface area (Å²) >= 11 is 6.09. The lowest BCUT2D eigenvalue weighted by atomic mass is 10.1. The summed E-state index contributed by atoms with van der Waals surface area (Å²) in [7, 11) is -3.22. The van der Waals surface area contributed by atoms with E-state index in [4.69, 9.17) is 11.6 Å². The molecular formula is C10H20ClNO2S. The fraction of sp³-hybridized carbons (Fsp3) is 1.00. The highest BCUT2D eigenvalue weighted by atomic mass is 35.5. The largest absolute Gasteiger partial charge is 0.216 e. The van der Waals surface area contributed by atoms with Crippen molar-refractivity contribution in [2.75, 3.05) is 6.54 Å². The summed E-state index contributed by atoms with van der Waals surface area (Å²) in [5.41, 5.74) is 0. The van der Waals surface area contributed by atoms with Crippen molar-refractivity contribution in [3.05, 3.63) is 0 Å². The summed E-state index contributed by atoms with van der Waals surface area (Å²) in [5, 5.41) is 0.132. The van der Waals surface area contributed by atoms with Crippen molar-refractivity contribution >= 4 is 21.6 Å². The van der Waals surface area contributed by atoms with Gasteiger partial charge in [-0.1, -0.05) is 6.42 Å². The zero-order chi connectivity index (χ0) is 11.7. The molecule has 0 aliphatic heterocycles. The third kappa shape index (κ3) is 3.33. The predicted octanol–water partition coefficient (Wildman–Crippen LogP) is 2.11. The van der Waals surface area contributed by atoms with Crippen LogP contribution in [0.2, 0.25) is 0 Å². The van der Waals surface area contributed by atoms with Gasteiger partial charge in [-0.25, -0.2) is 13.1 Å². The van der Waals surface area contributed by atoms with Gasteiger partial charge in [0.1, 0.15) is 0 Å². The van der Waals surface area contributed by atoms with E-state index < -0.39 is 14.8 Å². The molecule has 1 aliphatic carbocycles. The minimum absolute atomic E-state index is 0.132. The molecule has 0 amide bonds. The standard InChI is InChI=1S/C10H20ClNO2S/c1-10(2,3)15(13,14)12-7-8-5-4-6-9(8)11/h8-9,12H,4-7H2,1-3H3. The molecule has 0 saturated heterocycles. The zero-order valence-corrected chi connectivity index (χ0v) is 11.2. The first-order chi connectivity index (χ1) is 6.74. The highest BCUT2D eigenvalue weighted by molar-refractivity contribution is 7.90. The second-order valence-corrected chi connectivity index (χ2v) is 8.25. The monoisotopic (exact) mass is 253 g/mol. The Bertz CT molecular complexity index is 308. The molecule has 90 valence electrons. The molecule has 2 atom stereocenters. The average Bonchev–Trinajstić information content (AvgIpc) is 2.46. The Labute approximate surface area is 97.6 Å². The predicted molar refractivity (Wildman–Crippen MR) is 63.7 cm³/mol. The third-order valence-corrected chi connectivity index (χ3v) is 5.64. The van der Waals surface area contributed by atoms with Crippen LogP contribution in [0.3, 0.4) is 0 Å². The molecule has 1 saturated carbocycles. The third-order valence-electron chi connectivity index (χ3n) is 2.91. The molecule has 0 spiro atoms. The lowest BCUT2D eigenvalue weighted by Crippen LogP contribution is -2.42. The Kier molecular flexibility index (Phi) is 4.07. The molecule has 0 radical (unpaired) electrons. The zero-order valence-electron chi connectivity index (χ0n) is 9.59. The van der Waals surface area contributed by atoms with Crippen LogP contribution >= 0.6 is 11.6 Å². The van der Waals surface area contributed by atoms with Gasteiger partial charge >= 0.3 is 0 Å². The molecule has 1 aliphatic rings. The van der Waals surface area contributed by atoms with Gasteiger partial charge in [0.2, 0.25) is 10.0 Å². The normalized spacial score (nSPS) is 28.3. The fourth-order valence-electron chi connectivity index (χ4n) is 1.65. The van der Waals surface area contributed by atoms with Crippen molar-refractivity contribution in [2.24, 2.45) is 5.92 Å². The Hall–Kier alpha value is 0.200. The first-order valence-corrected chi connectivity index (χ1v) is 7.29. The maximum absolute atomic E-state index is 11.8. The van der Waals surface area contributed by atoms with Gasteiger partial charge in [0.05, 0.1) is 4.75 Å². The Morgan fingerprint density at radius 1 is 1.33 bits per heavy atom. The number of rotatable bonds is 3. The number of nitrogens with one attached hydrogen (secondary N) is 1. The summed E-state index contributed by atoms with van der Waals surface area (Å²) in [4.78, 5) is 0. The van der Waals surface area contributed by atoms with E-state index in [9.17, 15) is 8.42 Å². The van der Waals surface area contributed by atoms with Gasteiger partial charge in [-0.3, -0.25) is 0 Å². The van der Waals surface area contributed by atoms with Crippen LogP contribution in [0.15, 0.2) is 0 Å². The molecule has 1 rings (SSSR count). The van der Waals surface area contributed by atoms with Crippen molar-refractivity contribution in [1.29, 1.82) is 0 Å². The van der Waals surface area contributed by atoms with E-state index >= 15 is 0 Å². The maximum Gasteiger partial charge on any atom is 0.216 e. The van der Waals surface area contributed by atoms with Crippen LogP contribution < -0.4 is 4.72 Å². The van der Waals surface area contributed by atoms with Crippen molar-refractivity contribution in [2.45, 2.75) is 50.2 Å². The molecular weight excluding hydrogens is 234 g/mol. The Balaban J connectivity index is 2.50. The molecule has 0 aromatic carbocycles. The molecule has 1 N–H and O–H groups in total. The molecule has 5 heteroatoms. The van der Waals surface area contributed by atoms with E-state index in [0.717, 1.165) is 19.3 Å². The smallest absolute Gasteiger partial charge is 0.214 e. The topological polar surface area (TPSA) is 46.2 Å². The summed E-state index contributed by atoms with van der Waals surface area (Å²) in [6, 6.07) is 0. The molecule has 0 bridgehead atoms. The lowest BCUT2D eigenvalue weighted by Gasteiger charge is -2.22. The van der Waals surface area contributed by atoms with Gasteiger partial charge in [0.15, 0.2) is 0 Å². The van der Waals surface area contributed by atoms with Crippen LogP contribution in [0.1, 0.15) is 40.0 Å². The quantitative estimate of drug-likeness (QED) is 0.783. The Morgan fingerprint density at radius 2 is 1.93 bits per heavy atom. The number of hydrogen-bond donors (Lipinski definition) is 1. The van der Waals surface area contributed by atoms with E-state index in [1.165, 1.54) is 0 Å². The van der Waals surface area contributed by atoms with E-state index in [1.54, 1.807) is 20.8 Å². The van der Waals surface area contributed by atoms with Gasteiger partial charge in [-0.05, 0) is 39.5 Å². The SMILES string of the molecule is CC(C)(C)S(=O)(=O)NCC1CCCC1Cl. The molecule has 1 fully saturated rings. The summed E-state index contributed by atoms with van der Waals surface area (Å²) < 4.78 is 25.4. The number of halogens is 1. The Morgan fingerprint density at radius 3 is 2.33 bits per heavy atom. The first kappa shape index (κ1) is 13.3. The summed E-state index contributed by atoms with van der Waals surface area (Å²) in [6.45, 7) is 5.57. The van der Waals surface area contributed by atoms with Gasteiger partial charge in [0, 0.05) is 11.9 Å². The highest BCUT2D eigenvalue weighted by Gasteiger charge is 2.31. The van der Waals surface area contributed by atoms with Crippen LogP contribution in [0, 0.1) is 5.92 Å². The van der Waals surface area contributed by atoms with Gasteiger partial charge < -0.3 is 0 Å². The van der Waals surface area contributed by atoms with Crippen LogP contribution in [0.5, 0.6) is 0 Å². The molecule has 15 heavy (non-hydrogen) atoms. The average molecular weight is 254 g/mol. The number of alkyl halides is 1. The van der Waals surface area contributed by atoms with Crippen molar-refractivity contribution in [3.8, 4) is 0 Å². The van der Waals surface area contributed by atoms with Crippen LogP contribution in [0.4, 0.5) is 0 Å². The van der Waals surface area contributed by atoms with Crippen molar-refractivity contribution < 1.29 is 8.42 Å². The fourth-order valence-corrected chi connectivity index (χ4v) is 2.89. The molecule has 0 heterocycles. The van der Waals surface area contributed by atoms with E-state index in [2.05, 4.69) is 4.72 Å². The molecule has 0 aromatic heterocycles. The van der Waals surface area contributed by atoms with Gasteiger partial charge in [-0.2, -0.15) is 0 Å². The molecule has 2 unspecified atom stereocenters. The van der Waals surface area contributed by atoms with Gasteiger partial charge in [0.25, 0.3) is 0 Å². The van der Waals surface area contributed by atoms with Crippen molar-refractivity contribution in [3.63, 3.8) is 0 Å². The van der Waals surface area contributed by atoms with Crippen LogP contribution in [-0.4, -0.2) is 25.1 Å². The van der Waals surface area contributed by atoms with E-state index in [-0.39, 0.29) is 5.38 Å². The van der Waals surface area contributed by atoms with Crippen LogP contribution in [0.25, 0.3) is 0 Å².